The molecule has 0 amide bonds. The Kier molecular flexibility index (Phi) is 5.55. The number of carbonyl (C=O) groups excluding carboxylic acids is 1. The molecular formula is C18H11BrF2N2OS. The van der Waals surface area contributed by atoms with E-state index in [0.717, 1.165) is 39.6 Å². The zero-order valence-corrected chi connectivity index (χ0v) is 15.2. The third-order valence-electron chi connectivity index (χ3n) is 3.34. The van der Waals surface area contributed by atoms with Gasteiger partial charge < -0.3 is 0 Å². The lowest BCUT2D eigenvalue weighted by Gasteiger charge is -2.05. The Hall–Kier alpha value is -2.12. The number of halogens is 3. The van der Waals surface area contributed by atoms with E-state index in [9.17, 15) is 13.6 Å². The van der Waals surface area contributed by atoms with Crippen LogP contribution in [0.1, 0.15) is 10.4 Å². The van der Waals surface area contributed by atoms with E-state index in [4.69, 9.17) is 0 Å². The highest BCUT2D eigenvalue weighted by atomic mass is 79.9. The average molecular weight is 421 g/mol. The van der Waals surface area contributed by atoms with Crippen molar-refractivity contribution in [2.24, 2.45) is 0 Å². The van der Waals surface area contributed by atoms with Gasteiger partial charge in [-0.1, -0.05) is 39.8 Å². The van der Waals surface area contributed by atoms with Crippen molar-refractivity contribution in [3.05, 3.63) is 76.4 Å². The Morgan fingerprint density at radius 1 is 1.08 bits per heavy atom. The topological polar surface area (TPSA) is 42.9 Å². The third-order valence-corrected chi connectivity index (χ3v) is 4.73. The maximum Gasteiger partial charge on any atom is 0.188 e. The number of ketones is 1. The van der Waals surface area contributed by atoms with Gasteiger partial charge in [-0.25, -0.2) is 18.7 Å². The minimum Gasteiger partial charge on any atom is -0.293 e. The molecule has 3 aromatic rings. The number of hydrogen-bond donors (Lipinski definition) is 0. The molecule has 3 nitrogen and oxygen atoms in total. The summed E-state index contributed by atoms with van der Waals surface area (Å²) in [6.45, 7) is 0. The van der Waals surface area contributed by atoms with Crippen LogP contribution >= 0.6 is 27.7 Å². The van der Waals surface area contributed by atoms with E-state index < -0.39 is 17.4 Å². The van der Waals surface area contributed by atoms with Crippen LogP contribution in [0.15, 0.2) is 64.4 Å². The van der Waals surface area contributed by atoms with Gasteiger partial charge in [-0.2, -0.15) is 0 Å². The molecule has 0 atom stereocenters. The number of Topliss-reactive ketones (excluding diaryl/α,β-unsaturated/α-hetero) is 1. The number of aromatic nitrogens is 2. The fourth-order valence-corrected chi connectivity index (χ4v) is 3.09. The summed E-state index contributed by atoms with van der Waals surface area (Å²) >= 11 is 4.48. The van der Waals surface area contributed by atoms with E-state index >= 15 is 0 Å². The lowest BCUT2D eigenvalue weighted by atomic mass is 10.1. The molecule has 0 bridgehead atoms. The standard InChI is InChI=1S/C18H11BrF2N2OS/c19-12-3-1-11(2-4-12)16-7-8-22-18(23-16)25-10-17(24)14-6-5-13(20)9-15(14)21/h1-9H,10H2. The molecule has 0 unspecified atom stereocenters. The van der Waals surface area contributed by atoms with Crippen molar-refractivity contribution in [1.29, 1.82) is 0 Å². The summed E-state index contributed by atoms with van der Waals surface area (Å²) in [5, 5.41) is 0.413. The average Bonchev–Trinajstić information content (AvgIpc) is 2.60. The van der Waals surface area contributed by atoms with Crippen molar-refractivity contribution in [2.45, 2.75) is 5.16 Å². The van der Waals surface area contributed by atoms with Crippen molar-refractivity contribution in [1.82, 2.24) is 9.97 Å². The number of carbonyl (C=O) groups is 1. The first-order valence-electron chi connectivity index (χ1n) is 7.23. The van der Waals surface area contributed by atoms with Gasteiger partial charge in [-0.15, -0.1) is 0 Å². The van der Waals surface area contributed by atoms with Crippen LogP contribution in [-0.2, 0) is 0 Å². The molecule has 126 valence electrons. The van der Waals surface area contributed by atoms with Crippen LogP contribution in [0, 0.1) is 11.6 Å². The summed E-state index contributed by atoms with van der Waals surface area (Å²) in [7, 11) is 0. The van der Waals surface area contributed by atoms with E-state index in [1.807, 2.05) is 24.3 Å². The molecule has 0 saturated carbocycles. The fraction of sp³-hybridized carbons (Fsp3) is 0.0556. The molecule has 0 spiro atoms. The molecule has 7 heteroatoms. The van der Waals surface area contributed by atoms with E-state index in [1.54, 1.807) is 12.3 Å². The molecule has 0 saturated heterocycles. The van der Waals surface area contributed by atoms with Gasteiger partial charge in [0.15, 0.2) is 10.9 Å². The van der Waals surface area contributed by atoms with Gasteiger partial charge >= 0.3 is 0 Å². The SMILES string of the molecule is O=C(CSc1nccc(-c2ccc(Br)cc2)n1)c1ccc(F)cc1F. The molecule has 0 N–H and O–H groups in total. The van der Waals surface area contributed by atoms with Crippen LogP contribution in [-0.4, -0.2) is 21.5 Å². The number of thioether (sulfide) groups is 1. The van der Waals surface area contributed by atoms with Crippen LogP contribution < -0.4 is 0 Å². The van der Waals surface area contributed by atoms with Gasteiger partial charge in [0.25, 0.3) is 0 Å². The van der Waals surface area contributed by atoms with Gasteiger partial charge in [-0.05, 0) is 30.3 Å². The second kappa shape index (κ2) is 7.84. The summed E-state index contributed by atoms with van der Waals surface area (Å²) in [6.07, 6.45) is 1.61. The minimum atomic E-state index is -0.866. The fourth-order valence-electron chi connectivity index (χ4n) is 2.12. The summed E-state index contributed by atoms with van der Waals surface area (Å²) in [4.78, 5) is 20.6. The lowest BCUT2D eigenvalue weighted by molar-refractivity contribution is 0.101. The lowest BCUT2D eigenvalue weighted by Crippen LogP contribution is -2.06. The maximum absolute atomic E-state index is 13.6. The van der Waals surface area contributed by atoms with E-state index in [1.165, 1.54) is 0 Å². The smallest absolute Gasteiger partial charge is 0.188 e. The highest BCUT2D eigenvalue weighted by Gasteiger charge is 2.14. The van der Waals surface area contributed by atoms with Crippen molar-refractivity contribution in [3.8, 4) is 11.3 Å². The monoisotopic (exact) mass is 420 g/mol. The summed E-state index contributed by atoms with van der Waals surface area (Å²) in [5.41, 5.74) is 1.51. The molecular weight excluding hydrogens is 410 g/mol. The first-order chi connectivity index (χ1) is 12.0. The van der Waals surface area contributed by atoms with E-state index in [2.05, 4.69) is 25.9 Å². The van der Waals surface area contributed by atoms with Crippen molar-refractivity contribution < 1.29 is 13.6 Å². The number of nitrogens with zero attached hydrogens (tertiary/aromatic N) is 2. The van der Waals surface area contributed by atoms with Crippen LogP contribution in [0.2, 0.25) is 0 Å². The Balaban J connectivity index is 1.72. The molecule has 1 heterocycles. The largest absolute Gasteiger partial charge is 0.293 e. The van der Waals surface area contributed by atoms with Crippen LogP contribution in [0.5, 0.6) is 0 Å². The zero-order valence-electron chi connectivity index (χ0n) is 12.7. The predicted molar refractivity (Wildman–Crippen MR) is 96.6 cm³/mol. The maximum atomic E-state index is 13.6. The Morgan fingerprint density at radius 3 is 2.56 bits per heavy atom. The minimum absolute atomic E-state index is 0.0354. The summed E-state index contributed by atoms with van der Waals surface area (Å²) < 4.78 is 27.5. The Morgan fingerprint density at radius 2 is 1.84 bits per heavy atom. The highest BCUT2D eigenvalue weighted by molar-refractivity contribution is 9.10. The molecule has 25 heavy (non-hydrogen) atoms. The Labute approximate surface area is 155 Å². The molecule has 3 rings (SSSR count). The van der Waals surface area contributed by atoms with Crippen molar-refractivity contribution in [2.75, 3.05) is 5.75 Å². The molecule has 1 aromatic heterocycles. The van der Waals surface area contributed by atoms with E-state index in [0.29, 0.717) is 11.2 Å². The molecule has 0 aliphatic rings. The molecule has 2 aromatic carbocycles. The van der Waals surface area contributed by atoms with Gasteiger partial charge in [0, 0.05) is 22.3 Å². The quantitative estimate of drug-likeness (QED) is 0.324. The van der Waals surface area contributed by atoms with Crippen LogP contribution in [0.4, 0.5) is 8.78 Å². The summed E-state index contributed by atoms with van der Waals surface area (Å²) in [5.74, 6) is -2.06. The van der Waals surface area contributed by atoms with Gasteiger partial charge in [-0.3, -0.25) is 4.79 Å². The van der Waals surface area contributed by atoms with Crippen molar-refractivity contribution in [3.63, 3.8) is 0 Å². The second-order valence-electron chi connectivity index (χ2n) is 5.07. The first-order valence-corrected chi connectivity index (χ1v) is 9.01. The third kappa shape index (κ3) is 4.49. The highest BCUT2D eigenvalue weighted by Crippen LogP contribution is 2.23. The van der Waals surface area contributed by atoms with Crippen LogP contribution in [0.3, 0.4) is 0 Å². The first kappa shape index (κ1) is 17.7. The zero-order chi connectivity index (χ0) is 17.8. The van der Waals surface area contributed by atoms with Gasteiger partial charge in [0.05, 0.1) is 17.0 Å². The summed E-state index contributed by atoms with van der Waals surface area (Å²) in [6, 6.07) is 12.3. The molecule has 0 aliphatic heterocycles. The number of rotatable bonds is 5. The van der Waals surface area contributed by atoms with Gasteiger partial charge in [0.2, 0.25) is 0 Å². The predicted octanol–water partition coefficient (Wildman–Crippen LogP) is 5.16. The number of benzene rings is 2. The van der Waals surface area contributed by atoms with Crippen LogP contribution in [0.25, 0.3) is 11.3 Å². The van der Waals surface area contributed by atoms with E-state index in [-0.39, 0.29) is 11.3 Å². The molecule has 0 aliphatic carbocycles. The number of hydrogen-bond acceptors (Lipinski definition) is 4. The molecule has 0 radical (unpaired) electrons. The van der Waals surface area contributed by atoms with Gasteiger partial charge in [0.1, 0.15) is 11.6 Å². The van der Waals surface area contributed by atoms with Crippen molar-refractivity contribution >= 4 is 33.5 Å². The molecule has 0 fully saturated rings. The normalized spacial score (nSPS) is 10.7. The second-order valence-corrected chi connectivity index (χ2v) is 6.93. The Bertz CT molecular complexity index is 919.